The summed E-state index contributed by atoms with van der Waals surface area (Å²) >= 11 is 6.97. The maximum Gasteiger partial charge on any atom is 0.266 e. The highest BCUT2D eigenvalue weighted by atomic mass is 32.2. The zero-order valence-corrected chi connectivity index (χ0v) is 22.8. The van der Waals surface area contributed by atoms with Crippen LogP contribution in [0.2, 0.25) is 0 Å². The summed E-state index contributed by atoms with van der Waals surface area (Å²) < 4.78 is 8.15. The van der Waals surface area contributed by atoms with E-state index in [0.29, 0.717) is 15.8 Å². The molecule has 190 valence electrons. The van der Waals surface area contributed by atoms with E-state index in [2.05, 4.69) is 12.6 Å². The van der Waals surface area contributed by atoms with Crippen molar-refractivity contribution in [1.29, 1.82) is 0 Å². The monoisotopic (exact) mass is 537 g/mol. The molecule has 0 unspecified atom stereocenters. The molecule has 0 spiro atoms. The number of nitrogens with zero attached hydrogens (tertiary/aromatic N) is 3. The van der Waals surface area contributed by atoms with Crippen molar-refractivity contribution >= 4 is 40.3 Å². The number of aromatic nitrogens is 2. The highest BCUT2D eigenvalue weighted by Gasteiger charge is 2.36. The minimum Gasteiger partial charge on any atom is -0.489 e. The van der Waals surface area contributed by atoms with Crippen molar-refractivity contribution < 1.29 is 9.53 Å². The van der Waals surface area contributed by atoms with E-state index in [9.17, 15) is 4.79 Å². The molecule has 0 radical (unpaired) electrons. The minimum atomic E-state index is -0.160. The second-order valence-corrected chi connectivity index (χ2v) is 10.6. The number of rotatable bonds is 8. The lowest BCUT2D eigenvalue weighted by Crippen LogP contribution is -2.30. The van der Waals surface area contributed by atoms with E-state index in [1.807, 2.05) is 104 Å². The fraction of sp³-hybridized carbons (Fsp3) is 0.129. The van der Waals surface area contributed by atoms with E-state index in [1.165, 1.54) is 11.8 Å². The molecule has 7 heteroatoms. The Bertz CT molecular complexity index is 1530. The Morgan fingerprint density at radius 1 is 1.08 bits per heavy atom. The van der Waals surface area contributed by atoms with Gasteiger partial charge in [-0.25, -0.2) is 4.68 Å². The number of carbonyl (C=O) groups is 1. The number of hydrogen-bond acceptors (Lipinski definition) is 5. The van der Waals surface area contributed by atoms with Gasteiger partial charge in [0.25, 0.3) is 5.91 Å². The molecule has 0 N–H and O–H groups in total. The van der Waals surface area contributed by atoms with E-state index in [4.69, 9.17) is 22.1 Å². The Morgan fingerprint density at radius 3 is 2.47 bits per heavy atom. The fourth-order valence-corrected chi connectivity index (χ4v) is 5.78. The van der Waals surface area contributed by atoms with Crippen molar-refractivity contribution in [2.45, 2.75) is 19.9 Å². The first-order chi connectivity index (χ1) is 18.5. The van der Waals surface area contributed by atoms with Crippen LogP contribution in [0.5, 0.6) is 5.75 Å². The predicted molar refractivity (Wildman–Crippen MR) is 159 cm³/mol. The number of amides is 1. The number of carbonyl (C=O) groups excluding carboxylic acids is 1. The third kappa shape index (κ3) is 5.21. The smallest absolute Gasteiger partial charge is 0.266 e. The molecule has 2 heterocycles. The lowest BCUT2D eigenvalue weighted by Gasteiger charge is -2.23. The van der Waals surface area contributed by atoms with Crippen LogP contribution in [0.1, 0.15) is 29.7 Å². The van der Waals surface area contributed by atoms with E-state index in [-0.39, 0.29) is 11.9 Å². The summed E-state index contributed by atoms with van der Waals surface area (Å²) in [4.78, 5) is 15.8. The Hall–Kier alpha value is -3.94. The molecule has 1 atom stereocenters. The lowest BCUT2D eigenvalue weighted by atomic mass is 10.0. The summed E-state index contributed by atoms with van der Waals surface area (Å²) in [6, 6.07) is 25.7. The molecule has 1 fully saturated rings. The topological polar surface area (TPSA) is 47.4 Å². The maximum absolute atomic E-state index is 13.6. The van der Waals surface area contributed by atoms with Crippen LogP contribution in [-0.4, -0.2) is 31.5 Å². The molecule has 3 aromatic carbocycles. The summed E-state index contributed by atoms with van der Waals surface area (Å²) in [7, 11) is 0. The van der Waals surface area contributed by atoms with Crippen LogP contribution in [0, 0.1) is 6.92 Å². The maximum atomic E-state index is 13.6. The van der Waals surface area contributed by atoms with Crippen LogP contribution in [0.15, 0.2) is 103 Å². The van der Waals surface area contributed by atoms with E-state index < -0.39 is 0 Å². The van der Waals surface area contributed by atoms with Gasteiger partial charge in [-0.2, -0.15) is 5.10 Å². The molecule has 1 aromatic heterocycles. The van der Waals surface area contributed by atoms with Crippen molar-refractivity contribution in [3.05, 3.63) is 119 Å². The van der Waals surface area contributed by atoms with Crippen LogP contribution in [0.25, 0.3) is 23.0 Å². The summed E-state index contributed by atoms with van der Waals surface area (Å²) in [5, 5.41) is 4.92. The highest BCUT2D eigenvalue weighted by molar-refractivity contribution is 8.26. The summed E-state index contributed by atoms with van der Waals surface area (Å²) in [5.74, 6) is 0.701. The van der Waals surface area contributed by atoms with Gasteiger partial charge in [-0.05, 0) is 61.4 Å². The third-order valence-electron chi connectivity index (χ3n) is 6.35. The predicted octanol–water partition coefficient (Wildman–Crippen LogP) is 7.37. The molecule has 1 aliphatic rings. The number of thiocarbonyl (C=S) groups is 1. The molecule has 38 heavy (non-hydrogen) atoms. The minimum absolute atomic E-state index is 0.0980. The van der Waals surface area contributed by atoms with Gasteiger partial charge >= 0.3 is 0 Å². The first-order valence-corrected chi connectivity index (χ1v) is 13.5. The third-order valence-corrected chi connectivity index (χ3v) is 7.68. The Balaban J connectivity index is 1.54. The molecule has 1 saturated heterocycles. The van der Waals surface area contributed by atoms with Crippen LogP contribution in [-0.2, 0) is 4.79 Å². The SMILES string of the molecule is C=CCOc1ccc(-c2nn(-c3ccccc3)cc2/C=C2\SC(=S)N([C@@H](C)c3ccccc3)C2=O)cc1C. The lowest BCUT2D eigenvalue weighted by molar-refractivity contribution is -0.123. The number of para-hydroxylation sites is 1. The second-order valence-electron chi connectivity index (χ2n) is 8.93. The average Bonchev–Trinajstić information content (AvgIpc) is 3.48. The van der Waals surface area contributed by atoms with Gasteiger partial charge in [-0.1, -0.05) is 85.2 Å². The van der Waals surface area contributed by atoms with Gasteiger partial charge < -0.3 is 4.74 Å². The number of hydrogen-bond donors (Lipinski definition) is 0. The number of aryl methyl sites for hydroxylation is 1. The van der Waals surface area contributed by atoms with Gasteiger partial charge in [0.2, 0.25) is 0 Å². The molecule has 0 aliphatic carbocycles. The van der Waals surface area contributed by atoms with Crippen LogP contribution >= 0.6 is 24.0 Å². The van der Waals surface area contributed by atoms with Gasteiger partial charge in [0.15, 0.2) is 0 Å². The van der Waals surface area contributed by atoms with Crippen LogP contribution in [0.3, 0.4) is 0 Å². The normalized spacial score (nSPS) is 15.2. The van der Waals surface area contributed by atoms with Crippen LogP contribution < -0.4 is 4.74 Å². The van der Waals surface area contributed by atoms with E-state index >= 15 is 0 Å². The van der Waals surface area contributed by atoms with Crippen molar-refractivity contribution in [2.24, 2.45) is 0 Å². The number of thioether (sulfide) groups is 1. The molecule has 5 rings (SSSR count). The fourth-order valence-electron chi connectivity index (χ4n) is 4.37. The second kappa shape index (κ2) is 11.2. The van der Waals surface area contributed by atoms with Crippen molar-refractivity contribution in [1.82, 2.24) is 14.7 Å². The zero-order chi connectivity index (χ0) is 26.6. The van der Waals surface area contributed by atoms with E-state index in [0.717, 1.165) is 39.4 Å². The molecular formula is C31H27N3O2S2. The Labute approximate surface area is 232 Å². The van der Waals surface area contributed by atoms with Gasteiger partial charge in [0.05, 0.1) is 16.6 Å². The highest BCUT2D eigenvalue weighted by Crippen LogP contribution is 2.39. The van der Waals surface area contributed by atoms with Gasteiger partial charge in [-0.15, -0.1) is 0 Å². The largest absolute Gasteiger partial charge is 0.489 e. The first-order valence-electron chi connectivity index (χ1n) is 12.3. The molecular weight excluding hydrogens is 510 g/mol. The van der Waals surface area contributed by atoms with Crippen LogP contribution in [0.4, 0.5) is 0 Å². The van der Waals surface area contributed by atoms with Crippen molar-refractivity contribution in [2.75, 3.05) is 6.61 Å². The Morgan fingerprint density at radius 2 is 1.79 bits per heavy atom. The molecule has 1 amide bonds. The van der Waals surface area contributed by atoms with Gasteiger partial charge in [-0.3, -0.25) is 9.69 Å². The van der Waals surface area contributed by atoms with Gasteiger partial charge in [0.1, 0.15) is 22.4 Å². The zero-order valence-electron chi connectivity index (χ0n) is 21.2. The summed E-state index contributed by atoms with van der Waals surface area (Å²) in [5.41, 5.74) is 5.50. The average molecular weight is 538 g/mol. The standard InChI is InChI=1S/C31H27N3O2S2/c1-4-17-36-27-16-15-24(18-21(27)2)29-25(20-33(32-29)26-13-9-6-10-14-26)19-28-30(35)34(31(37)38-28)22(3)23-11-7-5-8-12-23/h4-16,18-20,22H,1,17H2,2-3H3/b28-19-/t22-/m0/s1. The first kappa shape index (κ1) is 25.7. The molecule has 1 aliphatic heterocycles. The Kier molecular flexibility index (Phi) is 7.58. The number of ether oxygens (including phenoxy) is 1. The number of benzene rings is 3. The molecule has 0 saturated carbocycles. The van der Waals surface area contributed by atoms with Crippen molar-refractivity contribution in [3.63, 3.8) is 0 Å². The van der Waals surface area contributed by atoms with E-state index in [1.54, 1.807) is 11.0 Å². The molecule has 5 nitrogen and oxygen atoms in total. The van der Waals surface area contributed by atoms with Crippen molar-refractivity contribution in [3.8, 4) is 22.7 Å². The molecule has 4 aromatic rings. The quantitative estimate of drug-likeness (QED) is 0.133. The summed E-state index contributed by atoms with van der Waals surface area (Å²) in [6.07, 6.45) is 5.58. The van der Waals surface area contributed by atoms with Gasteiger partial charge in [0, 0.05) is 17.3 Å². The summed E-state index contributed by atoms with van der Waals surface area (Å²) in [6.45, 7) is 8.17. The molecule has 0 bridgehead atoms.